The van der Waals surface area contributed by atoms with E-state index in [9.17, 15) is 14.7 Å². The number of hydrogen-bond acceptors (Lipinski definition) is 2. The maximum atomic E-state index is 12.6. The van der Waals surface area contributed by atoms with Crippen molar-refractivity contribution in [2.45, 2.75) is 52.0 Å². The standard InChI is InChI=1S/C15H25NO3/c1-4-10-7-12(13(8-10)15(18)19)14(17)16(3)9(2)11-5-6-11/h9-13H,4-8H2,1-3H3,(H,18,19). The first kappa shape index (κ1) is 14.4. The van der Waals surface area contributed by atoms with E-state index >= 15 is 0 Å². The van der Waals surface area contributed by atoms with E-state index < -0.39 is 11.9 Å². The Labute approximate surface area is 115 Å². The van der Waals surface area contributed by atoms with Crippen LogP contribution in [-0.4, -0.2) is 35.0 Å². The van der Waals surface area contributed by atoms with E-state index in [1.807, 2.05) is 7.05 Å². The Hall–Kier alpha value is -1.06. The van der Waals surface area contributed by atoms with E-state index in [2.05, 4.69) is 13.8 Å². The second-order valence-corrected chi connectivity index (χ2v) is 6.32. The van der Waals surface area contributed by atoms with E-state index in [1.165, 1.54) is 12.8 Å². The molecule has 108 valence electrons. The van der Waals surface area contributed by atoms with Crippen LogP contribution >= 0.6 is 0 Å². The van der Waals surface area contributed by atoms with Crippen LogP contribution in [0.2, 0.25) is 0 Å². The summed E-state index contributed by atoms with van der Waals surface area (Å²) in [6.07, 6.45) is 4.77. The number of aliphatic carboxylic acids is 1. The van der Waals surface area contributed by atoms with Crippen LogP contribution in [0.25, 0.3) is 0 Å². The highest BCUT2D eigenvalue weighted by Gasteiger charge is 2.44. The van der Waals surface area contributed by atoms with Crippen molar-refractivity contribution in [2.75, 3.05) is 7.05 Å². The van der Waals surface area contributed by atoms with Crippen molar-refractivity contribution < 1.29 is 14.7 Å². The molecule has 19 heavy (non-hydrogen) atoms. The molecule has 4 unspecified atom stereocenters. The molecule has 0 aromatic carbocycles. The molecule has 0 aliphatic heterocycles. The Morgan fingerprint density at radius 2 is 1.84 bits per heavy atom. The highest BCUT2D eigenvalue weighted by molar-refractivity contribution is 5.85. The SMILES string of the molecule is CCC1CC(C(=O)O)C(C(=O)N(C)C(C)C2CC2)C1. The van der Waals surface area contributed by atoms with Gasteiger partial charge in [-0.05, 0) is 44.4 Å². The lowest BCUT2D eigenvalue weighted by atomic mass is 9.94. The number of carbonyl (C=O) groups excluding carboxylic acids is 1. The van der Waals surface area contributed by atoms with Crippen molar-refractivity contribution in [3.63, 3.8) is 0 Å². The summed E-state index contributed by atoms with van der Waals surface area (Å²) >= 11 is 0. The highest BCUT2D eigenvalue weighted by Crippen LogP contribution is 2.41. The minimum Gasteiger partial charge on any atom is -0.481 e. The van der Waals surface area contributed by atoms with Crippen molar-refractivity contribution in [1.82, 2.24) is 4.90 Å². The van der Waals surface area contributed by atoms with Crippen LogP contribution in [0.1, 0.15) is 46.0 Å². The zero-order chi connectivity index (χ0) is 14.2. The van der Waals surface area contributed by atoms with Crippen molar-refractivity contribution in [2.24, 2.45) is 23.7 Å². The smallest absolute Gasteiger partial charge is 0.307 e. The molecule has 2 rings (SSSR count). The summed E-state index contributed by atoms with van der Waals surface area (Å²) in [5.41, 5.74) is 0. The first-order chi connectivity index (χ1) is 8.95. The minimum atomic E-state index is -0.804. The third-order valence-corrected chi connectivity index (χ3v) is 5.13. The van der Waals surface area contributed by atoms with Crippen LogP contribution < -0.4 is 0 Å². The quantitative estimate of drug-likeness (QED) is 0.832. The van der Waals surface area contributed by atoms with Crippen LogP contribution in [0.4, 0.5) is 0 Å². The number of carboxylic acids is 1. The van der Waals surface area contributed by atoms with Gasteiger partial charge >= 0.3 is 5.97 Å². The van der Waals surface area contributed by atoms with Gasteiger partial charge in [0, 0.05) is 13.1 Å². The van der Waals surface area contributed by atoms with Crippen LogP contribution in [0, 0.1) is 23.7 Å². The second-order valence-electron chi connectivity index (χ2n) is 6.32. The van der Waals surface area contributed by atoms with E-state index in [4.69, 9.17) is 0 Å². The number of nitrogens with zero attached hydrogens (tertiary/aromatic N) is 1. The zero-order valence-electron chi connectivity index (χ0n) is 12.1. The minimum absolute atomic E-state index is 0.0442. The number of carboxylic acid groups (broad SMARTS) is 1. The summed E-state index contributed by atoms with van der Waals surface area (Å²) in [5.74, 6) is -0.537. The number of carbonyl (C=O) groups is 2. The second kappa shape index (κ2) is 5.51. The van der Waals surface area contributed by atoms with E-state index in [-0.39, 0.29) is 17.9 Å². The number of rotatable bonds is 5. The molecule has 0 aromatic rings. The van der Waals surface area contributed by atoms with Gasteiger partial charge in [-0.3, -0.25) is 9.59 Å². The molecule has 2 aliphatic carbocycles. The van der Waals surface area contributed by atoms with Crippen molar-refractivity contribution in [3.8, 4) is 0 Å². The monoisotopic (exact) mass is 267 g/mol. The largest absolute Gasteiger partial charge is 0.481 e. The molecule has 2 saturated carbocycles. The molecule has 1 amide bonds. The molecule has 2 aliphatic rings. The Kier molecular flexibility index (Phi) is 4.16. The molecule has 0 bridgehead atoms. The average molecular weight is 267 g/mol. The zero-order valence-corrected chi connectivity index (χ0v) is 12.1. The lowest BCUT2D eigenvalue weighted by molar-refractivity contribution is -0.149. The molecule has 0 heterocycles. The molecule has 4 heteroatoms. The third-order valence-electron chi connectivity index (χ3n) is 5.13. The van der Waals surface area contributed by atoms with Crippen LogP contribution in [0.3, 0.4) is 0 Å². The molecule has 0 spiro atoms. The van der Waals surface area contributed by atoms with Crippen molar-refractivity contribution in [1.29, 1.82) is 0 Å². The van der Waals surface area contributed by atoms with Gasteiger partial charge in [0.2, 0.25) is 5.91 Å². The molecule has 2 fully saturated rings. The summed E-state index contributed by atoms with van der Waals surface area (Å²) in [5, 5.41) is 9.32. The molecule has 4 nitrogen and oxygen atoms in total. The number of amides is 1. The van der Waals surface area contributed by atoms with Crippen molar-refractivity contribution in [3.05, 3.63) is 0 Å². The third kappa shape index (κ3) is 2.93. The lowest BCUT2D eigenvalue weighted by Crippen LogP contribution is -2.42. The molecule has 0 saturated heterocycles. The predicted octanol–water partition coefficient (Wildman–Crippen LogP) is 2.38. The summed E-state index contributed by atoms with van der Waals surface area (Å²) in [6, 6.07) is 0.252. The number of hydrogen-bond donors (Lipinski definition) is 1. The molecular weight excluding hydrogens is 242 g/mol. The van der Waals surface area contributed by atoms with Crippen LogP contribution in [0.5, 0.6) is 0 Å². The van der Waals surface area contributed by atoms with Gasteiger partial charge in [0.1, 0.15) is 0 Å². The van der Waals surface area contributed by atoms with E-state index in [0.717, 1.165) is 12.8 Å². The van der Waals surface area contributed by atoms with E-state index in [1.54, 1.807) is 4.90 Å². The maximum Gasteiger partial charge on any atom is 0.307 e. The lowest BCUT2D eigenvalue weighted by Gasteiger charge is -2.29. The van der Waals surface area contributed by atoms with Gasteiger partial charge in [0.05, 0.1) is 11.8 Å². The van der Waals surface area contributed by atoms with Crippen LogP contribution in [-0.2, 0) is 9.59 Å². The molecule has 1 N–H and O–H groups in total. The molecule has 0 radical (unpaired) electrons. The van der Waals surface area contributed by atoms with Gasteiger partial charge in [-0.25, -0.2) is 0 Å². The maximum absolute atomic E-state index is 12.6. The van der Waals surface area contributed by atoms with Crippen molar-refractivity contribution >= 4 is 11.9 Å². The summed E-state index contributed by atoms with van der Waals surface area (Å²) < 4.78 is 0. The van der Waals surface area contributed by atoms with Gasteiger partial charge in [-0.1, -0.05) is 13.3 Å². The summed E-state index contributed by atoms with van der Waals surface area (Å²) in [4.78, 5) is 25.7. The van der Waals surface area contributed by atoms with E-state index in [0.29, 0.717) is 18.3 Å². The van der Waals surface area contributed by atoms with Gasteiger partial charge in [-0.2, -0.15) is 0 Å². The van der Waals surface area contributed by atoms with Gasteiger partial charge in [0.15, 0.2) is 0 Å². The molecule has 4 atom stereocenters. The summed E-state index contributed by atoms with van der Waals surface area (Å²) in [7, 11) is 1.84. The topological polar surface area (TPSA) is 57.6 Å². The predicted molar refractivity (Wildman–Crippen MR) is 72.6 cm³/mol. The first-order valence-electron chi connectivity index (χ1n) is 7.45. The average Bonchev–Trinajstić information content (AvgIpc) is 3.14. The molecular formula is C15H25NO3. The Bertz CT molecular complexity index is 364. The highest BCUT2D eigenvalue weighted by atomic mass is 16.4. The first-order valence-corrected chi connectivity index (χ1v) is 7.45. The fourth-order valence-corrected chi connectivity index (χ4v) is 3.38. The van der Waals surface area contributed by atoms with Gasteiger partial charge < -0.3 is 10.0 Å². The Morgan fingerprint density at radius 1 is 1.26 bits per heavy atom. The Morgan fingerprint density at radius 3 is 2.32 bits per heavy atom. The molecule has 0 aromatic heterocycles. The van der Waals surface area contributed by atoms with Gasteiger partial charge in [0.25, 0.3) is 0 Å². The fourth-order valence-electron chi connectivity index (χ4n) is 3.38. The fraction of sp³-hybridized carbons (Fsp3) is 0.867. The summed E-state index contributed by atoms with van der Waals surface area (Å²) in [6.45, 7) is 4.16. The van der Waals surface area contributed by atoms with Crippen LogP contribution in [0.15, 0.2) is 0 Å². The Balaban J connectivity index is 2.05. The van der Waals surface area contributed by atoms with Gasteiger partial charge in [-0.15, -0.1) is 0 Å². The normalized spacial score (nSPS) is 32.1.